The van der Waals surface area contributed by atoms with E-state index in [2.05, 4.69) is 48.7 Å². The Kier molecular flexibility index (Phi) is 31.1. The molecule has 20 heavy (non-hydrogen) atoms. The first kappa shape index (κ1) is 38.2. The highest BCUT2D eigenvalue weighted by Crippen LogP contribution is 2.21. The minimum absolute atomic E-state index is 0. The first-order chi connectivity index (χ1) is 6.09. The van der Waals surface area contributed by atoms with Gasteiger partial charge in [-0.2, -0.15) is 0 Å². The van der Waals surface area contributed by atoms with Gasteiger partial charge in [0.15, 0.2) is 0 Å². The van der Waals surface area contributed by atoms with E-state index in [-0.39, 0.29) is 127 Å². The Bertz CT molecular complexity index is 440. The molecule has 9 heteroatoms. The van der Waals surface area contributed by atoms with Gasteiger partial charge in [0.1, 0.15) is 75.1 Å². The third-order valence-electron chi connectivity index (χ3n) is 2.17. The Morgan fingerprint density at radius 1 is 0.950 bits per heavy atom. The standard InChI is InChI=1S/C11H14N2.7Al.9H/c1-11(2,3)13-8-6-9-5-4-7-12-10(9)13;;;;;;;;;;;;;;;;/h4-8H,1-3H3;;;;;;;;;;;;;;;;. The molecule has 0 aliphatic heterocycles. The molecule has 0 unspecified atom stereocenters. The number of hydrogen-bond donors (Lipinski definition) is 0. The van der Waals surface area contributed by atoms with Crippen LogP contribution in [0.2, 0.25) is 0 Å². The summed E-state index contributed by atoms with van der Waals surface area (Å²) in [5, 5.41) is 1.21. The lowest BCUT2D eigenvalue weighted by Gasteiger charge is -2.21. The molecule has 2 aromatic heterocycles. The molecule has 0 aliphatic carbocycles. The van der Waals surface area contributed by atoms with Crippen LogP contribution in [0, 0.1) is 0 Å². The molecule has 12 radical (unpaired) electrons. The fourth-order valence-corrected chi connectivity index (χ4v) is 1.51. The van der Waals surface area contributed by atoms with Crippen molar-refractivity contribution < 1.29 is 0 Å². The molecule has 0 saturated carbocycles. The summed E-state index contributed by atoms with van der Waals surface area (Å²) in [6, 6.07) is 6.16. The van der Waals surface area contributed by atoms with Crippen LogP contribution in [-0.2, 0) is 5.54 Å². The second-order valence-electron chi connectivity index (χ2n) is 4.27. The molecular weight excluding hydrogens is 349 g/mol. The van der Waals surface area contributed by atoms with E-state index in [1.165, 1.54) is 5.39 Å². The van der Waals surface area contributed by atoms with Gasteiger partial charge in [-0.25, -0.2) is 4.98 Å². The summed E-state index contributed by atoms with van der Waals surface area (Å²) in [6.45, 7) is 6.54. The van der Waals surface area contributed by atoms with Gasteiger partial charge in [0.05, 0.1) is 17.4 Å². The van der Waals surface area contributed by atoms with Crippen LogP contribution >= 0.6 is 0 Å². The van der Waals surface area contributed by atoms with Crippen molar-refractivity contribution >= 4 is 133 Å². The summed E-state index contributed by atoms with van der Waals surface area (Å²) >= 11 is 0. The molecule has 2 nitrogen and oxygen atoms in total. The van der Waals surface area contributed by atoms with Crippen molar-refractivity contribution in [3.05, 3.63) is 30.6 Å². The van der Waals surface area contributed by atoms with Crippen molar-refractivity contribution in [1.29, 1.82) is 0 Å². The van der Waals surface area contributed by atoms with E-state index < -0.39 is 0 Å². The summed E-state index contributed by atoms with van der Waals surface area (Å²) in [7, 11) is 0. The number of fused-ring (bicyclic) bond motifs is 1. The van der Waals surface area contributed by atoms with Crippen molar-refractivity contribution in [2.45, 2.75) is 26.3 Å². The number of hydrogen-bond acceptors (Lipinski definition) is 1. The van der Waals surface area contributed by atoms with Crippen LogP contribution in [0.1, 0.15) is 20.8 Å². The monoisotopic (exact) mass is 372 g/mol. The molecule has 0 N–H and O–H groups in total. The zero-order valence-corrected chi connectivity index (χ0v) is 25.9. The third-order valence-corrected chi connectivity index (χ3v) is 2.17. The second kappa shape index (κ2) is 16.3. The lowest BCUT2D eigenvalue weighted by molar-refractivity contribution is 0.408. The lowest BCUT2D eigenvalue weighted by Crippen LogP contribution is -2.20. The minimum atomic E-state index is 0. The van der Waals surface area contributed by atoms with Gasteiger partial charge >= 0.3 is 0 Å². The third kappa shape index (κ3) is 9.53. The largest absolute Gasteiger partial charge is 0.327 e. The first-order valence-corrected chi connectivity index (χ1v) is 4.51. The van der Waals surface area contributed by atoms with Gasteiger partial charge in [0.2, 0.25) is 0 Å². The predicted octanol–water partition coefficient (Wildman–Crippen LogP) is -2.28. The maximum absolute atomic E-state index is 4.37. The van der Waals surface area contributed by atoms with Crippen molar-refractivity contribution in [2.75, 3.05) is 0 Å². The van der Waals surface area contributed by atoms with Crippen molar-refractivity contribution in [3.63, 3.8) is 0 Å². The molecule has 0 aliphatic rings. The van der Waals surface area contributed by atoms with E-state index in [1.807, 2.05) is 12.3 Å². The molecular formula is C11H23Al7N2. The van der Waals surface area contributed by atoms with E-state index in [9.17, 15) is 0 Å². The topological polar surface area (TPSA) is 17.8 Å². The number of aromatic nitrogens is 2. The van der Waals surface area contributed by atoms with Crippen LogP contribution in [0.15, 0.2) is 30.6 Å². The Morgan fingerprint density at radius 3 is 1.90 bits per heavy atom. The van der Waals surface area contributed by atoms with Crippen molar-refractivity contribution in [1.82, 2.24) is 9.55 Å². The van der Waals surface area contributed by atoms with Crippen molar-refractivity contribution in [3.8, 4) is 0 Å². The summed E-state index contributed by atoms with van der Waals surface area (Å²) < 4.78 is 2.20. The maximum atomic E-state index is 4.37. The molecule has 0 fully saturated rings. The average Bonchev–Trinajstić information content (AvgIpc) is 2.45. The molecule has 2 heterocycles. The van der Waals surface area contributed by atoms with Crippen LogP contribution in [0.4, 0.5) is 0 Å². The normalized spacial score (nSPS) is 7.95. The van der Waals surface area contributed by atoms with Gasteiger partial charge in [-0.05, 0) is 39.0 Å². The molecule has 0 spiro atoms. The van der Waals surface area contributed by atoms with Crippen molar-refractivity contribution in [2.24, 2.45) is 0 Å². The Balaban J connectivity index is -0.0000000700. The van der Waals surface area contributed by atoms with E-state index in [4.69, 9.17) is 0 Å². The predicted molar refractivity (Wildman–Crippen MR) is 108 cm³/mol. The van der Waals surface area contributed by atoms with E-state index in [0.717, 1.165) is 5.65 Å². The molecule has 98 valence electrons. The first-order valence-electron chi connectivity index (χ1n) is 4.51. The molecule has 0 atom stereocenters. The average molecular weight is 372 g/mol. The highest BCUT2D eigenvalue weighted by Gasteiger charge is 2.14. The summed E-state index contributed by atoms with van der Waals surface area (Å²) in [5.74, 6) is 0. The van der Waals surface area contributed by atoms with Crippen LogP contribution in [0.3, 0.4) is 0 Å². The molecule has 2 aromatic rings. The van der Waals surface area contributed by atoms with Gasteiger partial charge in [0.25, 0.3) is 0 Å². The van der Waals surface area contributed by atoms with Gasteiger partial charge in [-0.15, -0.1) is 0 Å². The maximum Gasteiger partial charge on any atom is 0.146 e. The zero-order chi connectivity index (χ0) is 9.47. The van der Waals surface area contributed by atoms with E-state index in [0.29, 0.717) is 0 Å². The summed E-state index contributed by atoms with van der Waals surface area (Å²) in [6.07, 6.45) is 3.93. The lowest BCUT2D eigenvalue weighted by atomic mass is 10.1. The molecule has 0 saturated heterocycles. The van der Waals surface area contributed by atoms with Crippen LogP contribution in [0.25, 0.3) is 11.0 Å². The number of nitrogens with zero attached hydrogens (tertiary/aromatic N) is 2. The quantitative estimate of drug-likeness (QED) is 0.477. The van der Waals surface area contributed by atoms with Gasteiger partial charge in [-0.1, -0.05) is 0 Å². The molecule has 0 amide bonds. The number of pyridine rings is 1. The SMILES string of the molecule is CC(C)(C)n1ccc2cccnc21.[AlH2].[AlH2].[AlH2].[AlH2].[AlH].[Al].[Al]. The van der Waals surface area contributed by atoms with E-state index >= 15 is 0 Å². The minimum Gasteiger partial charge on any atom is -0.327 e. The zero-order valence-electron chi connectivity index (χ0n) is 14.1. The van der Waals surface area contributed by atoms with Gasteiger partial charge < -0.3 is 4.57 Å². The highest BCUT2D eigenvalue weighted by atomic mass is 27.0. The van der Waals surface area contributed by atoms with E-state index in [1.54, 1.807) is 0 Å². The molecule has 2 rings (SSSR count). The Hall–Kier alpha value is 2.42. The number of rotatable bonds is 0. The highest BCUT2D eigenvalue weighted by molar-refractivity contribution is 5.76. The fraction of sp³-hybridized carbons (Fsp3) is 0.364. The summed E-state index contributed by atoms with van der Waals surface area (Å²) in [5.41, 5.74) is 1.17. The van der Waals surface area contributed by atoms with Gasteiger partial charge in [0, 0.05) is 58.0 Å². The van der Waals surface area contributed by atoms with Crippen LogP contribution in [-0.4, -0.2) is 131 Å². The summed E-state index contributed by atoms with van der Waals surface area (Å²) in [4.78, 5) is 4.37. The van der Waals surface area contributed by atoms with Gasteiger partial charge in [-0.3, -0.25) is 0 Å². The molecule has 0 aromatic carbocycles. The smallest absolute Gasteiger partial charge is 0.146 e. The van der Waals surface area contributed by atoms with Crippen LogP contribution in [0.5, 0.6) is 0 Å². The second-order valence-corrected chi connectivity index (χ2v) is 4.27. The Labute approximate surface area is 196 Å². The molecule has 0 bridgehead atoms. The fourth-order valence-electron chi connectivity index (χ4n) is 1.51. The van der Waals surface area contributed by atoms with Crippen LogP contribution < -0.4 is 0 Å². The Morgan fingerprint density at radius 2 is 1.45 bits per heavy atom.